The zero-order valence-corrected chi connectivity index (χ0v) is 31.4. The Kier molecular flexibility index (Phi) is 11.1. The lowest BCUT2D eigenvalue weighted by Crippen LogP contribution is -2.78. The fourth-order valence-corrected chi connectivity index (χ4v) is 8.69. The maximum atomic E-state index is 14.0. The van der Waals surface area contributed by atoms with E-state index in [-0.39, 0.29) is 18.0 Å². The summed E-state index contributed by atoms with van der Waals surface area (Å²) in [6, 6.07) is 47.6. The highest BCUT2D eigenvalue weighted by atomic mass is 79.9. The van der Waals surface area contributed by atoms with Gasteiger partial charge in [0.05, 0.1) is 25.9 Å². The van der Waals surface area contributed by atoms with Gasteiger partial charge < -0.3 is 24.4 Å². The van der Waals surface area contributed by atoms with E-state index in [2.05, 4.69) is 141 Å². The number of hydrogen-bond acceptors (Lipinski definition) is 5. The summed E-state index contributed by atoms with van der Waals surface area (Å²) in [5.74, 6) is 0.768. The number of nitrogens with one attached hydrogen (secondary N) is 1. The van der Waals surface area contributed by atoms with Crippen molar-refractivity contribution in [3.63, 3.8) is 0 Å². The van der Waals surface area contributed by atoms with Gasteiger partial charge in [-0.15, -0.1) is 0 Å². The smallest absolute Gasteiger partial charge is 0.321 e. The van der Waals surface area contributed by atoms with E-state index in [4.69, 9.17) is 14.2 Å². The number of halogens is 1. The zero-order valence-electron chi connectivity index (χ0n) is 29.8. The standard InChI is InChI=1S/C44H46BrN3O4/c1-50-32-43-31-47(42(49)46-38-24-26-39(51-2)27-25-38)28-12-13-29-48(43)40(41(43)33-20-22-37(45)23-21-33)30-52-44(34-14-6-3-7-15-34,35-16-8-4-9-17-35)36-18-10-5-11-19-36/h3-11,14-27,40-41H,12-13,28-32H2,1-2H3,(H,46,49)/t40-,41+,43-/m1/s1. The highest BCUT2D eigenvalue weighted by Crippen LogP contribution is 2.52. The first-order chi connectivity index (χ1) is 25.5. The van der Waals surface area contributed by atoms with Gasteiger partial charge in [-0.2, -0.15) is 0 Å². The number of ether oxygens (including phenoxy) is 3. The molecule has 2 saturated heterocycles. The van der Waals surface area contributed by atoms with Crippen molar-refractivity contribution in [1.29, 1.82) is 0 Å². The zero-order chi connectivity index (χ0) is 36.0. The second kappa shape index (κ2) is 16.0. The Bertz CT molecular complexity index is 1800. The minimum atomic E-state index is -0.847. The Labute approximate surface area is 315 Å². The molecule has 1 N–H and O–H groups in total. The lowest BCUT2D eigenvalue weighted by atomic mass is 9.64. The number of hydrogen-bond donors (Lipinski definition) is 1. The van der Waals surface area contributed by atoms with Gasteiger partial charge in [0.15, 0.2) is 0 Å². The number of carbonyl (C=O) groups excluding carboxylic acids is 1. The Hall–Kier alpha value is -4.47. The Balaban J connectivity index is 1.27. The fraction of sp³-hybridized carbons (Fsp3) is 0.295. The van der Waals surface area contributed by atoms with Crippen LogP contribution in [0.15, 0.2) is 144 Å². The number of amides is 2. The van der Waals surface area contributed by atoms with Crippen LogP contribution in [0.25, 0.3) is 0 Å². The Morgan fingerprint density at radius 2 is 1.33 bits per heavy atom. The average molecular weight is 761 g/mol. The van der Waals surface area contributed by atoms with E-state index in [0.29, 0.717) is 26.3 Å². The average Bonchev–Trinajstić information content (AvgIpc) is 3.18. The quantitative estimate of drug-likeness (QED) is 0.136. The molecule has 0 saturated carbocycles. The lowest BCUT2D eigenvalue weighted by molar-refractivity contribution is -0.175. The summed E-state index contributed by atoms with van der Waals surface area (Å²) >= 11 is 3.66. The first-order valence-corrected chi connectivity index (χ1v) is 18.8. The van der Waals surface area contributed by atoms with Crippen LogP contribution in [0.2, 0.25) is 0 Å². The minimum Gasteiger partial charge on any atom is -0.497 e. The SMILES string of the molecule is COC[C@@]12CN(C(=O)Nc3ccc(OC)cc3)CCCCN1[C@H](COC(c1ccccc1)(c1ccccc1)c1ccccc1)[C@@H]2c1ccc(Br)cc1. The van der Waals surface area contributed by atoms with Gasteiger partial charge in [0, 0.05) is 42.3 Å². The summed E-state index contributed by atoms with van der Waals surface area (Å²) in [4.78, 5) is 18.5. The summed E-state index contributed by atoms with van der Waals surface area (Å²) in [5, 5.41) is 3.14. The molecular weight excluding hydrogens is 714 g/mol. The topological polar surface area (TPSA) is 63.3 Å². The van der Waals surface area contributed by atoms with E-state index in [1.54, 1.807) is 14.2 Å². The molecule has 2 aliphatic heterocycles. The summed E-state index contributed by atoms with van der Waals surface area (Å²) < 4.78 is 19.9. The minimum absolute atomic E-state index is 0.0231. The van der Waals surface area contributed by atoms with Gasteiger partial charge in [-0.25, -0.2) is 4.79 Å². The molecule has 8 heteroatoms. The predicted molar refractivity (Wildman–Crippen MR) is 210 cm³/mol. The van der Waals surface area contributed by atoms with Crippen LogP contribution < -0.4 is 10.1 Å². The molecule has 2 amide bonds. The second-order valence-electron chi connectivity index (χ2n) is 13.7. The molecule has 2 heterocycles. The molecule has 2 aliphatic rings. The van der Waals surface area contributed by atoms with Crippen molar-refractivity contribution in [3.8, 4) is 5.75 Å². The molecule has 5 aromatic carbocycles. The third-order valence-corrected chi connectivity index (χ3v) is 11.3. The summed E-state index contributed by atoms with van der Waals surface area (Å²) in [7, 11) is 3.40. The van der Waals surface area contributed by atoms with E-state index in [1.807, 2.05) is 29.2 Å². The molecule has 0 unspecified atom stereocenters. The third-order valence-electron chi connectivity index (χ3n) is 10.7. The molecular formula is C44H46BrN3O4. The first kappa shape index (κ1) is 35.9. The van der Waals surface area contributed by atoms with Crippen molar-refractivity contribution in [1.82, 2.24) is 9.80 Å². The van der Waals surface area contributed by atoms with Crippen molar-refractivity contribution in [2.45, 2.75) is 35.9 Å². The number of carbonyl (C=O) groups is 1. The predicted octanol–water partition coefficient (Wildman–Crippen LogP) is 8.95. The van der Waals surface area contributed by atoms with E-state index in [0.717, 1.165) is 52.0 Å². The number of nitrogens with zero attached hydrogens (tertiary/aromatic N) is 2. The number of benzene rings is 5. The molecule has 268 valence electrons. The number of fused-ring (bicyclic) bond motifs is 1. The molecule has 7 rings (SSSR count). The maximum Gasteiger partial charge on any atom is 0.321 e. The van der Waals surface area contributed by atoms with E-state index in [1.165, 1.54) is 5.56 Å². The first-order valence-electron chi connectivity index (χ1n) is 18.0. The van der Waals surface area contributed by atoms with Crippen LogP contribution in [0.5, 0.6) is 5.75 Å². The van der Waals surface area contributed by atoms with Crippen molar-refractivity contribution in [3.05, 3.63) is 166 Å². The molecule has 3 atom stereocenters. The summed E-state index contributed by atoms with van der Waals surface area (Å²) in [6.07, 6.45) is 1.84. The van der Waals surface area contributed by atoms with Gasteiger partial charge in [0.2, 0.25) is 0 Å². The van der Waals surface area contributed by atoms with Gasteiger partial charge in [-0.05, 0) is 78.0 Å². The Morgan fingerprint density at radius 3 is 1.87 bits per heavy atom. The van der Waals surface area contributed by atoms with Crippen molar-refractivity contribution in [2.75, 3.05) is 52.4 Å². The normalized spacial score (nSPS) is 20.6. The van der Waals surface area contributed by atoms with Crippen LogP contribution in [0.1, 0.15) is 41.0 Å². The van der Waals surface area contributed by atoms with Crippen LogP contribution in [0.3, 0.4) is 0 Å². The molecule has 52 heavy (non-hydrogen) atoms. The third kappa shape index (κ3) is 7.00. The largest absolute Gasteiger partial charge is 0.497 e. The molecule has 0 radical (unpaired) electrons. The molecule has 0 spiro atoms. The van der Waals surface area contributed by atoms with Crippen molar-refractivity contribution < 1.29 is 19.0 Å². The highest BCUT2D eigenvalue weighted by Gasteiger charge is 2.62. The molecule has 5 aromatic rings. The monoisotopic (exact) mass is 759 g/mol. The fourth-order valence-electron chi connectivity index (χ4n) is 8.42. The number of anilines is 1. The molecule has 2 fully saturated rings. The van der Waals surface area contributed by atoms with E-state index in [9.17, 15) is 4.79 Å². The van der Waals surface area contributed by atoms with E-state index < -0.39 is 11.1 Å². The number of rotatable bonds is 11. The van der Waals surface area contributed by atoms with Gasteiger partial charge in [0.1, 0.15) is 11.4 Å². The van der Waals surface area contributed by atoms with Crippen LogP contribution in [0.4, 0.5) is 10.5 Å². The number of urea groups is 1. The van der Waals surface area contributed by atoms with Crippen molar-refractivity contribution in [2.24, 2.45) is 0 Å². The Morgan fingerprint density at radius 1 is 0.769 bits per heavy atom. The van der Waals surface area contributed by atoms with Gasteiger partial charge in [0.25, 0.3) is 0 Å². The molecule has 0 aromatic heterocycles. The van der Waals surface area contributed by atoms with Gasteiger partial charge >= 0.3 is 6.03 Å². The second-order valence-corrected chi connectivity index (χ2v) is 14.6. The van der Waals surface area contributed by atoms with Gasteiger partial charge in [-0.3, -0.25) is 4.90 Å². The number of methoxy groups -OCH3 is 2. The van der Waals surface area contributed by atoms with Crippen molar-refractivity contribution >= 4 is 27.6 Å². The van der Waals surface area contributed by atoms with E-state index >= 15 is 0 Å². The summed E-state index contributed by atoms with van der Waals surface area (Å²) in [6.45, 7) is 2.99. The van der Waals surface area contributed by atoms with Crippen LogP contribution in [-0.2, 0) is 15.1 Å². The highest BCUT2D eigenvalue weighted by molar-refractivity contribution is 9.10. The van der Waals surface area contributed by atoms with Crippen LogP contribution in [0, 0.1) is 0 Å². The van der Waals surface area contributed by atoms with Crippen LogP contribution >= 0.6 is 15.9 Å². The van der Waals surface area contributed by atoms with Gasteiger partial charge in [-0.1, -0.05) is 119 Å². The maximum absolute atomic E-state index is 14.0. The molecule has 0 aliphatic carbocycles. The molecule has 7 nitrogen and oxygen atoms in total. The summed E-state index contributed by atoms with van der Waals surface area (Å²) in [5.41, 5.74) is 3.83. The van der Waals surface area contributed by atoms with Crippen LogP contribution in [-0.4, -0.2) is 74.5 Å². The molecule has 0 bridgehead atoms. The lowest BCUT2D eigenvalue weighted by Gasteiger charge is -2.66.